The van der Waals surface area contributed by atoms with Gasteiger partial charge < -0.3 is 14.9 Å². The number of imidazole rings is 1. The van der Waals surface area contributed by atoms with Crippen LogP contribution in [0.15, 0.2) is 55.5 Å². The fourth-order valence-corrected chi connectivity index (χ4v) is 3.31. The lowest BCUT2D eigenvalue weighted by molar-refractivity contribution is 0.0948. The molecule has 0 fully saturated rings. The number of carbonyl (C=O) groups excluding carboxylic acids is 1. The first-order valence-electron chi connectivity index (χ1n) is 8.90. The average molecular weight is 430 g/mol. The highest BCUT2D eigenvalue weighted by Gasteiger charge is 2.16. The second-order valence-electron chi connectivity index (χ2n) is 6.31. The molecule has 0 unspecified atom stereocenters. The minimum absolute atomic E-state index is 0.186. The lowest BCUT2D eigenvalue weighted by atomic mass is 10.2. The summed E-state index contributed by atoms with van der Waals surface area (Å²) in [4.78, 5) is 19.4. The first kappa shape index (κ1) is 19.2. The van der Waals surface area contributed by atoms with E-state index in [-0.39, 0.29) is 5.91 Å². The van der Waals surface area contributed by atoms with Crippen molar-refractivity contribution in [2.24, 2.45) is 0 Å². The van der Waals surface area contributed by atoms with Crippen molar-refractivity contribution in [2.75, 3.05) is 6.54 Å². The van der Waals surface area contributed by atoms with Crippen LogP contribution in [0.3, 0.4) is 0 Å². The summed E-state index contributed by atoms with van der Waals surface area (Å²) in [6.45, 7) is 1.35. The van der Waals surface area contributed by atoms with E-state index in [1.54, 1.807) is 47.8 Å². The van der Waals surface area contributed by atoms with Crippen molar-refractivity contribution in [2.45, 2.75) is 13.0 Å². The number of hydrogen-bond acceptors (Lipinski definition) is 4. The van der Waals surface area contributed by atoms with E-state index in [0.29, 0.717) is 39.4 Å². The molecule has 1 amide bonds. The van der Waals surface area contributed by atoms with Crippen molar-refractivity contribution < 1.29 is 4.79 Å². The van der Waals surface area contributed by atoms with Crippen molar-refractivity contribution >= 4 is 29.1 Å². The van der Waals surface area contributed by atoms with Gasteiger partial charge in [0.25, 0.3) is 5.91 Å². The van der Waals surface area contributed by atoms with Crippen LogP contribution in [-0.4, -0.2) is 41.8 Å². The molecular formula is C19H17Cl2N7O. The van der Waals surface area contributed by atoms with Gasteiger partial charge in [-0.2, -0.15) is 0 Å². The number of carbonyl (C=O) groups is 1. The summed E-state index contributed by atoms with van der Waals surface area (Å²) in [5, 5.41) is 11.9. The SMILES string of the molecule is O=C(NCCCn1ccnc1)c1cc(-c2nncn2-c2cccc(Cl)c2Cl)c[nH]1. The molecule has 0 radical (unpaired) electrons. The van der Waals surface area contributed by atoms with Crippen LogP contribution < -0.4 is 5.32 Å². The molecule has 3 heterocycles. The summed E-state index contributed by atoms with van der Waals surface area (Å²) >= 11 is 12.4. The normalized spacial score (nSPS) is 11.0. The highest BCUT2D eigenvalue weighted by atomic mass is 35.5. The summed E-state index contributed by atoms with van der Waals surface area (Å²) in [6.07, 6.45) is 9.43. The first-order chi connectivity index (χ1) is 14.1. The lowest BCUT2D eigenvalue weighted by Crippen LogP contribution is -2.25. The van der Waals surface area contributed by atoms with E-state index >= 15 is 0 Å². The van der Waals surface area contributed by atoms with Crippen molar-refractivity contribution in [1.29, 1.82) is 0 Å². The number of benzene rings is 1. The summed E-state index contributed by atoms with van der Waals surface area (Å²) in [6, 6.07) is 7.06. The zero-order valence-corrected chi connectivity index (χ0v) is 16.7. The van der Waals surface area contributed by atoms with Crippen molar-refractivity contribution in [3.05, 3.63) is 71.2 Å². The van der Waals surface area contributed by atoms with Gasteiger partial charge in [-0.15, -0.1) is 10.2 Å². The molecule has 0 bridgehead atoms. The number of aromatic nitrogens is 6. The molecular weight excluding hydrogens is 413 g/mol. The predicted octanol–water partition coefficient (Wildman–Crippen LogP) is 3.59. The Morgan fingerprint density at radius 3 is 2.97 bits per heavy atom. The second kappa shape index (κ2) is 8.50. The molecule has 29 heavy (non-hydrogen) atoms. The van der Waals surface area contributed by atoms with Crippen molar-refractivity contribution in [3.8, 4) is 17.1 Å². The average Bonchev–Trinajstić information content (AvgIpc) is 3.47. The van der Waals surface area contributed by atoms with Gasteiger partial charge in [0.15, 0.2) is 5.82 Å². The molecule has 148 valence electrons. The third-order valence-corrected chi connectivity index (χ3v) is 5.17. The number of nitrogens with one attached hydrogen (secondary N) is 2. The molecule has 0 aliphatic rings. The number of rotatable bonds is 7. The number of H-pyrrole nitrogens is 1. The summed E-state index contributed by atoms with van der Waals surface area (Å²) < 4.78 is 3.69. The third-order valence-electron chi connectivity index (χ3n) is 4.36. The van der Waals surface area contributed by atoms with Crippen LogP contribution in [0, 0.1) is 0 Å². The Labute approximate surface area is 176 Å². The molecule has 0 atom stereocenters. The van der Waals surface area contributed by atoms with Crippen LogP contribution in [0.2, 0.25) is 10.0 Å². The number of amides is 1. The van der Waals surface area contributed by atoms with Gasteiger partial charge in [0, 0.05) is 37.2 Å². The molecule has 0 spiro atoms. The first-order valence-corrected chi connectivity index (χ1v) is 9.66. The number of aryl methyl sites for hydroxylation is 1. The molecule has 0 aliphatic heterocycles. The van der Waals surface area contributed by atoms with E-state index < -0.39 is 0 Å². The van der Waals surface area contributed by atoms with Gasteiger partial charge in [-0.05, 0) is 24.6 Å². The number of halogens is 2. The minimum Gasteiger partial charge on any atom is -0.356 e. The van der Waals surface area contributed by atoms with Gasteiger partial charge in [-0.1, -0.05) is 29.3 Å². The zero-order chi connectivity index (χ0) is 20.2. The van der Waals surface area contributed by atoms with E-state index in [1.165, 1.54) is 0 Å². The maximum atomic E-state index is 12.4. The van der Waals surface area contributed by atoms with E-state index in [1.807, 2.05) is 16.8 Å². The Morgan fingerprint density at radius 1 is 1.24 bits per heavy atom. The van der Waals surface area contributed by atoms with Gasteiger partial charge >= 0.3 is 0 Å². The van der Waals surface area contributed by atoms with Crippen LogP contribution in [0.5, 0.6) is 0 Å². The molecule has 4 rings (SSSR count). The van der Waals surface area contributed by atoms with Crippen LogP contribution in [0.1, 0.15) is 16.9 Å². The van der Waals surface area contributed by atoms with Crippen molar-refractivity contribution in [1.82, 2.24) is 34.6 Å². The summed E-state index contributed by atoms with van der Waals surface area (Å²) in [5.74, 6) is 0.360. The van der Waals surface area contributed by atoms with Gasteiger partial charge in [-0.25, -0.2) is 4.98 Å². The maximum Gasteiger partial charge on any atom is 0.267 e. The molecule has 4 aromatic rings. The second-order valence-corrected chi connectivity index (χ2v) is 7.09. The maximum absolute atomic E-state index is 12.4. The molecule has 0 aliphatic carbocycles. The fourth-order valence-electron chi connectivity index (χ4n) is 2.92. The highest BCUT2D eigenvalue weighted by Crippen LogP contribution is 2.31. The number of nitrogens with zero attached hydrogens (tertiary/aromatic N) is 5. The van der Waals surface area contributed by atoms with E-state index in [9.17, 15) is 4.79 Å². The quantitative estimate of drug-likeness (QED) is 0.439. The summed E-state index contributed by atoms with van der Waals surface area (Å²) in [7, 11) is 0. The van der Waals surface area contributed by atoms with Crippen molar-refractivity contribution in [3.63, 3.8) is 0 Å². The monoisotopic (exact) mass is 429 g/mol. The molecule has 0 saturated heterocycles. The molecule has 8 nitrogen and oxygen atoms in total. The number of hydrogen-bond donors (Lipinski definition) is 2. The Hall–Kier alpha value is -3.10. The Bertz CT molecular complexity index is 1120. The van der Waals surface area contributed by atoms with E-state index in [2.05, 4.69) is 25.5 Å². The van der Waals surface area contributed by atoms with Gasteiger partial charge in [0.2, 0.25) is 0 Å². The van der Waals surface area contributed by atoms with Crippen LogP contribution >= 0.6 is 23.2 Å². The van der Waals surface area contributed by atoms with E-state index in [0.717, 1.165) is 13.0 Å². The molecule has 3 aromatic heterocycles. The minimum atomic E-state index is -0.186. The summed E-state index contributed by atoms with van der Waals surface area (Å²) in [5.41, 5.74) is 1.81. The third kappa shape index (κ3) is 4.18. The smallest absolute Gasteiger partial charge is 0.267 e. The molecule has 0 saturated carbocycles. The number of aromatic amines is 1. The Morgan fingerprint density at radius 2 is 2.14 bits per heavy atom. The standard InChI is InChI=1S/C19H17Cl2N7O/c20-14-3-1-4-16(17(14)21)28-12-25-26-18(28)13-9-15(24-10-13)19(29)23-5-2-7-27-8-6-22-11-27/h1,3-4,6,8-12,24H,2,5,7H2,(H,23,29). The molecule has 1 aromatic carbocycles. The molecule has 10 heteroatoms. The van der Waals surface area contributed by atoms with Crippen LogP contribution in [0.25, 0.3) is 17.1 Å². The molecule has 2 N–H and O–H groups in total. The predicted molar refractivity (Wildman–Crippen MR) is 110 cm³/mol. The van der Waals surface area contributed by atoms with Crippen LogP contribution in [-0.2, 0) is 6.54 Å². The van der Waals surface area contributed by atoms with E-state index in [4.69, 9.17) is 23.2 Å². The fraction of sp³-hybridized carbons (Fsp3) is 0.158. The van der Waals surface area contributed by atoms with Gasteiger partial charge in [-0.3, -0.25) is 9.36 Å². The van der Waals surface area contributed by atoms with Gasteiger partial charge in [0.1, 0.15) is 12.0 Å². The zero-order valence-electron chi connectivity index (χ0n) is 15.2. The van der Waals surface area contributed by atoms with Crippen LogP contribution in [0.4, 0.5) is 0 Å². The topological polar surface area (TPSA) is 93.4 Å². The van der Waals surface area contributed by atoms with Gasteiger partial charge in [0.05, 0.1) is 22.1 Å². The largest absolute Gasteiger partial charge is 0.356 e. The lowest BCUT2D eigenvalue weighted by Gasteiger charge is -2.08. The Balaban J connectivity index is 1.45. The Kier molecular flexibility index (Phi) is 5.64. The highest BCUT2D eigenvalue weighted by molar-refractivity contribution is 6.43.